The van der Waals surface area contributed by atoms with Gasteiger partial charge in [0.1, 0.15) is 23.0 Å². The molecule has 2 aromatic carbocycles. The molecule has 1 saturated heterocycles. The van der Waals surface area contributed by atoms with Gasteiger partial charge in [-0.1, -0.05) is 24.6 Å². The van der Waals surface area contributed by atoms with Crippen molar-refractivity contribution in [2.45, 2.75) is 24.9 Å². The first-order chi connectivity index (χ1) is 21.9. The number of nitrogen functional groups attached to an aromatic ring is 1. The minimum absolute atomic E-state index is 0.00707. The van der Waals surface area contributed by atoms with Gasteiger partial charge in [0.25, 0.3) is 0 Å². The van der Waals surface area contributed by atoms with Crippen LogP contribution < -0.4 is 21.1 Å². The molecule has 2 amide bonds. The third kappa shape index (κ3) is 8.30. The molecule has 5 rings (SSSR count). The van der Waals surface area contributed by atoms with Crippen molar-refractivity contribution in [3.8, 4) is 0 Å². The Bertz CT molecular complexity index is 1780. The first kappa shape index (κ1) is 33.1. The number of rotatable bonds is 10. The largest absolute Gasteiger partial charge is 0.457 e. The Balaban J connectivity index is 1.19. The molecule has 4 aromatic rings. The molecule has 0 saturated carbocycles. The maximum absolute atomic E-state index is 13.0. The number of amidine groups is 1. The van der Waals surface area contributed by atoms with Crippen LogP contribution in [-0.2, 0) is 6.18 Å². The van der Waals surface area contributed by atoms with Crippen molar-refractivity contribution in [3.63, 3.8) is 0 Å². The van der Waals surface area contributed by atoms with E-state index in [0.29, 0.717) is 28.5 Å². The number of nitrogens with two attached hydrogens (primary N) is 1. The fraction of sp³-hybridized carbons (Fsp3) is 0.290. The second-order valence-electron chi connectivity index (χ2n) is 10.8. The summed E-state index contributed by atoms with van der Waals surface area (Å²) in [5, 5.41) is 14.0. The number of nitrogens with zero attached hydrogens (tertiary/aromatic N) is 3. The third-order valence-corrected chi connectivity index (χ3v) is 8.59. The number of carbonyl (C=O) groups excluding carboxylic acids is 1. The summed E-state index contributed by atoms with van der Waals surface area (Å²) in [6.07, 6.45) is -0.422. The van der Waals surface area contributed by atoms with E-state index in [0.717, 1.165) is 60.4 Å². The first-order valence-electron chi connectivity index (χ1n) is 14.4. The number of nitrogens with one attached hydrogen (secondary N) is 4. The molecule has 6 N–H and O–H groups in total. The molecule has 2 unspecified atom stereocenters. The van der Waals surface area contributed by atoms with Gasteiger partial charge in [-0.15, -0.1) is 0 Å². The fourth-order valence-electron chi connectivity index (χ4n) is 5.19. The van der Waals surface area contributed by atoms with Crippen molar-refractivity contribution in [2.75, 3.05) is 36.8 Å². The van der Waals surface area contributed by atoms with E-state index in [1.54, 1.807) is 19.1 Å². The third-order valence-electron chi connectivity index (χ3n) is 7.50. The summed E-state index contributed by atoms with van der Waals surface area (Å²) < 4.78 is 47.3. The Morgan fingerprint density at radius 2 is 2.00 bits per heavy atom. The molecule has 0 radical (unpaired) electrons. The van der Waals surface area contributed by atoms with Gasteiger partial charge in [0.05, 0.1) is 10.6 Å². The highest BCUT2D eigenvalue weighted by molar-refractivity contribution is 7.98. The number of benzene rings is 2. The Morgan fingerprint density at radius 3 is 2.72 bits per heavy atom. The van der Waals surface area contributed by atoms with Crippen molar-refractivity contribution >= 4 is 64.2 Å². The highest BCUT2D eigenvalue weighted by Crippen LogP contribution is 2.36. The maximum atomic E-state index is 13.0. The number of alkyl halides is 3. The number of halogens is 4. The van der Waals surface area contributed by atoms with E-state index in [4.69, 9.17) is 27.2 Å². The van der Waals surface area contributed by atoms with E-state index in [-0.39, 0.29) is 23.6 Å². The van der Waals surface area contributed by atoms with Crippen LogP contribution in [0.15, 0.2) is 63.9 Å². The number of aromatic nitrogens is 2. The molecule has 1 fully saturated rings. The van der Waals surface area contributed by atoms with Gasteiger partial charge in [0.2, 0.25) is 5.95 Å². The molecule has 2 aromatic heterocycles. The summed E-state index contributed by atoms with van der Waals surface area (Å²) in [7, 11) is 0. The van der Waals surface area contributed by atoms with E-state index >= 15 is 0 Å². The molecule has 0 bridgehead atoms. The Labute approximate surface area is 272 Å². The lowest BCUT2D eigenvalue weighted by molar-refractivity contribution is -0.137. The number of amides is 2. The predicted octanol–water partition coefficient (Wildman–Crippen LogP) is 7.01. The highest BCUT2D eigenvalue weighted by atomic mass is 35.5. The van der Waals surface area contributed by atoms with Gasteiger partial charge in [-0.25, -0.2) is 9.78 Å². The van der Waals surface area contributed by atoms with Crippen LogP contribution in [0.1, 0.15) is 29.5 Å². The van der Waals surface area contributed by atoms with Crippen LogP contribution >= 0.6 is 23.5 Å². The number of hydrogen-bond donors (Lipinski definition) is 5. The zero-order valence-corrected chi connectivity index (χ0v) is 26.5. The average Bonchev–Trinajstić information content (AvgIpc) is 3.59. The van der Waals surface area contributed by atoms with Crippen LogP contribution in [0, 0.1) is 24.2 Å². The second kappa shape index (κ2) is 14.0. The van der Waals surface area contributed by atoms with Crippen molar-refractivity contribution in [3.05, 3.63) is 82.2 Å². The quantitative estimate of drug-likeness (QED) is 0.0687. The minimum atomic E-state index is -4.57. The molecule has 2 atom stereocenters. The zero-order valence-electron chi connectivity index (χ0n) is 24.9. The molecule has 0 spiro atoms. The lowest BCUT2D eigenvalue weighted by Crippen LogP contribution is -2.25. The van der Waals surface area contributed by atoms with Gasteiger partial charge < -0.3 is 20.4 Å². The first-order valence-corrected chi connectivity index (χ1v) is 15.6. The van der Waals surface area contributed by atoms with Crippen LogP contribution in [0.4, 0.5) is 29.7 Å². The van der Waals surface area contributed by atoms with Crippen molar-refractivity contribution in [1.82, 2.24) is 19.6 Å². The summed E-state index contributed by atoms with van der Waals surface area (Å²) in [4.78, 5) is 23.9. The molecule has 1 aliphatic heterocycles. The number of hydrogen-bond acceptors (Lipinski definition) is 8. The van der Waals surface area contributed by atoms with Gasteiger partial charge in [-0.3, -0.25) is 15.4 Å². The summed E-state index contributed by atoms with van der Waals surface area (Å²) in [6, 6.07) is 11.7. The Kier molecular flexibility index (Phi) is 10.1. The van der Waals surface area contributed by atoms with Crippen molar-refractivity contribution in [1.29, 1.82) is 5.41 Å². The molecule has 10 nitrogen and oxygen atoms in total. The van der Waals surface area contributed by atoms with Gasteiger partial charge in [0, 0.05) is 47.2 Å². The van der Waals surface area contributed by atoms with E-state index in [1.807, 2.05) is 24.3 Å². The van der Waals surface area contributed by atoms with Crippen LogP contribution in [0.3, 0.4) is 0 Å². The molecule has 46 heavy (non-hydrogen) atoms. The van der Waals surface area contributed by atoms with Crippen LogP contribution in [0.25, 0.3) is 17.0 Å². The van der Waals surface area contributed by atoms with Gasteiger partial charge in [0.15, 0.2) is 0 Å². The fourth-order valence-corrected chi connectivity index (χ4v) is 6.11. The average molecular weight is 673 g/mol. The summed E-state index contributed by atoms with van der Waals surface area (Å²) in [6.45, 7) is 7.24. The van der Waals surface area contributed by atoms with Crippen LogP contribution in [0.5, 0.6) is 0 Å². The Hall–Kier alpha value is -4.27. The van der Waals surface area contributed by atoms with Gasteiger partial charge in [-0.05, 0) is 85.8 Å². The van der Waals surface area contributed by atoms with E-state index < -0.39 is 22.8 Å². The monoisotopic (exact) mass is 672 g/mol. The standard InChI is InChI=1S/C31H32ClF3N8O2S/c1-3-43-15-19(4-6-22-12-20-11-18(28(36)37)5-9-26(20)45-22)21(16-43)14-38-27-10-17(2)39-29(40-27)41-30(44)42-46-23-7-8-24(25(32)13-23)31(33,34)35/h4-13,19,21H,3,14-16H2,1-2H3,(H3,36,37)(H3,38,39,40,41,42,44). The van der Waals surface area contributed by atoms with Crippen molar-refractivity contribution in [2.24, 2.45) is 17.6 Å². The molecule has 15 heteroatoms. The number of carbonyl (C=O) groups is 1. The molecular weight excluding hydrogens is 641 g/mol. The van der Waals surface area contributed by atoms with Crippen molar-refractivity contribution < 1.29 is 22.4 Å². The molecular formula is C31H32ClF3N8O2S. The molecule has 242 valence electrons. The van der Waals surface area contributed by atoms with Crippen LogP contribution in [0.2, 0.25) is 5.02 Å². The number of aryl methyl sites for hydroxylation is 1. The van der Waals surface area contributed by atoms with E-state index in [1.165, 1.54) is 6.07 Å². The number of urea groups is 1. The normalized spacial score (nSPS) is 17.1. The van der Waals surface area contributed by atoms with Gasteiger partial charge >= 0.3 is 12.2 Å². The topological polar surface area (TPSA) is 145 Å². The summed E-state index contributed by atoms with van der Waals surface area (Å²) in [5.41, 5.74) is 6.67. The van der Waals surface area contributed by atoms with Gasteiger partial charge in [-0.2, -0.15) is 18.2 Å². The summed E-state index contributed by atoms with van der Waals surface area (Å²) in [5.74, 6) is 1.86. The smallest absolute Gasteiger partial charge is 0.417 e. The minimum Gasteiger partial charge on any atom is -0.457 e. The SMILES string of the molecule is CCN1CC(C=Cc2cc3cc(C(=N)N)ccc3o2)C(CNc2cc(C)nc(NC(=O)NSc3ccc(C(F)(F)F)c(Cl)c3)n2)C1. The molecule has 1 aliphatic rings. The Morgan fingerprint density at radius 1 is 1.20 bits per heavy atom. The number of anilines is 2. The van der Waals surface area contributed by atoms with E-state index in [2.05, 4.69) is 43.2 Å². The molecule has 3 heterocycles. The highest BCUT2D eigenvalue weighted by Gasteiger charge is 2.33. The number of fused-ring (bicyclic) bond motifs is 1. The lowest BCUT2D eigenvalue weighted by Gasteiger charge is -2.17. The lowest BCUT2D eigenvalue weighted by atomic mass is 9.95. The number of furan rings is 1. The van der Waals surface area contributed by atoms with E-state index in [9.17, 15) is 18.0 Å². The van der Waals surface area contributed by atoms with Crippen LogP contribution in [-0.4, -0.2) is 52.9 Å². The molecule has 0 aliphatic carbocycles. The maximum Gasteiger partial charge on any atom is 0.417 e. The zero-order chi connectivity index (χ0) is 33.0. The number of likely N-dealkylation sites (tertiary alicyclic amines) is 1. The predicted molar refractivity (Wildman–Crippen MR) is 175 cm³/mol. The second-order valence-corrected chi connectivity index (χ2v) is 12.1. The summed E-state index contributed by atoms with van der Waals surface area (Å²) >= 11 is 6.57.